The van der Waals surface area contributed by atoms with E-state index in [0.717, 1.165) is 16.8 Å². The molecule has 98 valence electrons. The van der Waals surface area contributed by atoms with Crippen LogP contribution in [0.5, 0.6) is 0 Å². The minimum Gasteiger partial charge on any atom is -0.462 e. The van der Waals surface area contributed by atoms with Crippen LogP contribution in [0.1, 0.15) is 17.3 Å². The van der Waals surface area contributed by atoms with E-state index in [1.165, 1.54) is 0 Å². The van der Waals surface area contributed by atoms with Crippen LogP contribution in [-0.4, -0.2) is 24.6 Å². The summed E-state index contributed by atoms with van der Waals surface area (Å²) in [5.74, 6) is -0.308. The molecule has 2 rings (SSSR count). The van der Waals surface area contributed by atoms with Gasteiger partial charge in [0, 0.05) is 25.1 Å². The third kappa shape index (κ3) is 2.91. The van der Waals surface area contributed by atoms with Crippen molar-refractivity contribution in [3.8, 4) is 11.1 Å². The number of ether oxygens (including phenoxy) is 1. The lowest BCUT2D eigenvalue weighted by Crippen LogP contribution is -2.07. The summed E-state index contributed by atoms with van der Waals surface area (Å²) in [5.41, 5.74) is 3.29. The second kappa shape index (κ2) is 6.00. The van der Waals surface area contributed by atoms with Crippen LogP contribution in [0.25, 0.3) is 11.1 Å². The van der Waals surface area contributed by atoms with E-state index >= 15 is 0 Å². The summed E-state index contributed by atoms with van der Waals surface area (Å²) < 4.78 is 5.09. The van der Waals surface area contributed by atoms with Crippen LogP contribution in [0.15, 0.2) is 42.7 Å². The highest BCUT2D eigenvalue weighted by Gasteiger charge is 2.14. The van der Waals surface area contributed by atoms with Crippen molar-refractivity contribution < 1.29 is 9.53 Å². The van der Waals surface area contributed by atoms with Crippen LogP contribution in [0.2, 0.25) is 0 Å². The average Bonchev–Trinajstić information content (AvgIpc) is 2.47. The number of carbonyl (C=O) groups is 1. The number of pyridine rings is 1. The predicted molar refractivity (Wildman–Crippen MR) is 75.2 cm³/mol. The highest BCUT2D eigenvalue weighted by atomic mass is 16.5. The third-order valence-electron chi connectivity index (χ3n) is 2.79. The standard InChI is InChI=1S/C15H16N2O2/c1-3-19-15(18)13-5-4-12(16-2)10-14(13)11-6-8-17-9-7-11/h4-10,16H,3H2,1-2H3. The number of esters is 1. The molecular weight excluding hydrogens is 240 g/mol. The second-order valence-electron chi connectivity index (χ2n) is 3.97. The van der Waals surface area contributed by atoms with Crippen molar-refractivity contribution >= 4 is 11.7 Å². The Hall–Kier alpha value is -2.36. The monoisotopic (exact) mass is 256 g/mol. The minimum atomic E-state index is -0.308. The molecule has 0 bridgehead atoms. The van der Waals surface area contributed by atoms with Crippen LogP contribution in [0.4, 0.5) is 5.69 Å². The van der Waals surface area contributed by atoms with Crippen molar-refractivity contribution in [2.45, 2.75) is 6.92 Å². The second-order valence-corrected chi connectivity index (χ2v) is 3.97. The molecule has 4 heteroatoms. The Labute approximate surface area is 112 Å². The van der Waals surface area contributed by atoms with Gasteiger partial charge in [-0.1, -0.05) is 0 Å². The molecule has 19 heavy (non-hydrogen) atoms. The van der Waals surface area contributed by atoms with E-state index < -0.39 is 0 Å². The van der Waals surface area contributed by atoms with Crippen molar-refractivity contribution in [1.29, 1.82) is 0 Å². The molecule has 0 fully saturated rings. The van der Waals surface area contributed by atoms with Gasteiger partial charge in [0.2, 0.25) is 0 Å². The fraction of sp³-hybridized carbons (Fsp3) is 0.200. The molecule has 4 nitrogen and oxygen atoms in total. The van der Waals surface area contributed by atoms with Gasteiger partial charge < -0.3 is 10.1 Å². The molecule has 0 aliphatic carbocycles. The highest BCUT2D eigenvalue weighted by molar-refractivity contribution is 5.98. The fourth-order valence-corrected chi connectivity index (χ4v) is 1.86. The molecule has 1 aromatic carbocycles. The van der Waals surface area contributed by atoms with E-state index in [1.54, 1.807) is 25.4 Å². The Morgan fingerprint density at radius 3 is 2.63 bits per heavy atom. The van der Waals surface area contributed by atoms with Gasteiger partial charge in [-0.25, -0.2) is 4.79 Å². The van der Waals surface area contributed by atoms with E-state index in [-0.39, 0.29) is 5.97 Å². The number of benzene rings is 1. The molecule has 0 aliphatic heterocycles. The first-order valence-electron chi connectivity index (χ1n) is 6.15. The molecule has 0 unspecified atom stereocenters. The molecule has 1 N–H and O–H groups in total. The zero-order valence-corrected chi connectivity index (χ0v) is 11.0. The molecule has 0 atom stereocenters. The Kier molecular flexibility index (Phi) is 4.13. The van der Waals surface area contributed by atoms with Crippen LogP contribution >= 0.6 is 0 Å². The lowest BCUT2D eigenvalue weighted by Gasteiger charge is -2.11. The van der Waals surface area contributed by atoms with Crippen molar-refractivity contribution in [1.82, 2.24) is 4.98 Å². The van der Waals surface area contributed by atoms with Gasteiger partial charge in [-0.15, -0.1) is 0 Å². The molecule has 0 spiro atoms. The van der Waals surface area contributed by atoms with Crippen molar-refractivity contribution in [3.05, 3.63) is 48.3 Å². The van der Waals surface area contributed by atoms with E-state index in [0.29, 0.717) is 12.2 Å². The van der Waals surface area contributed by atoms with Crippen molar-refractivity contribution in [2.75, 3.05) is 19.0 Å². The normalized spacial score (nSPS) is 10.0. The maximum atomic E-state index is 12.0. The summed E-state index contributed by atoms with van der Waals surface area (Å²) >= 11 is 0. The maximum Gasteiger partial charge on any atom is 0.338 e. The smallest absolute Gasteiger partial charge is 0.338 e. The summed E-state index contributed by atoms with van der Waals surface area (Å²) in [7, 11) is 1.84. The summed E-state index contributed by atoms with van der Waals surface area (Å²) in [6.07, 6.45) is 3.41. The molecule has 0 saturated heterocycles. The summed E-state index contributed by atoms with van der Waals surface area (Å²) in [5, 5.41) is 3.07. The number of hydrogen-bond donors (Lipinski definition) is 1. The molecule has 2 aromatic rings. The van der Waals surface area contributed by atoms with Gasteiger partial charge in [0.25, 0.3) is 0 Å². The van der Waals surface area contributed by atoms with Gasteiger partial charge in [-0.05, 0) is 48.4 Å². The summed E-state index contributed by atoms with van der Waals surface area (Å²) in [6.45, 7) is 2.16. The van der Waals surface area contributed by atoms with Crippen LogP contribution in [-0.2, 0) is 4.74 Å². The van der Waals surface area contributed by atoms with Gasteiger partial charge in [-0.2, -0.15) is 0 Å². The SMILES string of the molecule is CCOC(=O)c1ccc(NC)cc1-c1ccncc1. The fourth-order valence-electron chi connectivity index (χ4n) is 1.86. The zero-order chi connectivity index (χ0) is 13.7. The van der Waals surface area contributed by atoms with E-state index in [9.17, 15) is 4.79 Å². The number of anilines is 1. The minimum absolute atomic E-state index is 0.308. The van der Waals surface area contributed by atoms with Crippen LogP contribution in [0.3, 0.4) is 0 Å². The van der Waals surface area contributed by atoms with Crippen molar-refractivity contribution in [3.63, 3.8) is 0 Å². The van der Waals surface area contributed by atoms with Gasteiger partial charge in [0.15, 0.2) is 0 Å². The van der Waals surface area contributed by atoms with Gasteiger partial charge in [0.05, 0.1) is 12.2 Å². The van der Waals surface area contributed by atoms with E-state index in [1.807, 2.05) is 31.3 Å². The molecular formula is C15H16N2O2. The first kappa shape index (κ1) is 13.1. The molecule has 0 saturated carbocycles. The lowest BCUT2D eigenvalue weighted by molar-refractivity contribution is 0.0527. The topological polar surface area (TPSA) is 51.2 Å². The quantitative estimate of drug-likeness (QED) is 0.854. The van der Waals surface area contributed by atoms with Gasteiger partial charge >= 0.3 is 5.97 Å². The Morgan fingerprint density at radius 2 is 2.00 bits per heavy atom. The van der Waals surface area contributed by atoms with Crippen molar-refractivity contribution in [2.24, 2.45) is 0 Å². The first-order chi connectivity index (χ1) is 9.26. The Balaban J connectivity index is 2.52. The summed E-state index contributed by atoms with van der Waals surface area (Å²) in [4.78, 5) is 16.0. The summed E-state index contributed by atoms with van der Waals surface area (Å²) in [6, 6.07) is 9.31. The molecule has 1 heterocycles. The lowest BCUT2D eigenvalue weighted by atomic mass is 10.00. The van der Waals surface area contributed by atoms with Crippen LogP contribution < -0.4 is 5.32 Å². The number of hydrogen-bond acceptors (Lipinski definition) is 4. The number of rotatable bonds is 4. The zero-order valence-electron chi connectivity index (χ0n) is 11.0. The maximum absolute atomic E-state index is 12.0. The van der Waals surface area contributed by atoms with Gasteiger partial charge in [0.1, 0.15) is 0 Å². The Morgan fingerprint density at radius 1 is 1.26 bits per heavy atom. The highest BCUT2D eigenvalue weighted by Crippen LogP contribution is 2.27. The van der Waals surface area contributed by atoms with Gasteiger partial charge in [-0.3, -0.25) is 4.98 Å². The number of nitrogens with one attached hydrogen (secondary N) is 1. The van der Waals surface area contributed by atoms with E-state index in [4.69, 9.17) is 4.74 Å². The molecule has 1 aromatic heterocycles. The molecule has 0 aliphatic rings. The predicted octanol–water partition coefficient (Wildman–Crippen LogP) is 2.97. The third-order valence-corrected chi connectivity index (χ3v) is 2.79. The van der Waals surface area contributed by atoms with E-state index in [2.05, 4.69) is 10.3 Å². The first-order valence-corrected chi connectivity index (χ1v) is 6.15. The number of aromatic nitrogens is 1. The Bertz CT molecular complexity index is 568. The molecule has 0 radical (unpaired) electrons. The number of carbonyl (C=O) groups excluding carboxylic acids is 1. The largest absolute Gasteiger partial charge is 0.462 e. The number of nitrogens with zero attached hydrogens (tertiary/aromatic N) is 1. The van der Waals surface area contributed by atoms with Crippen LogP contribution in [0, 0.1) is 0 Å². The molecule has 0 amide bonds. The average molecular weight is 256 g/mol.